The molecule has 1 N–H and O–H groups in total. The predicted molar refractivity (Wildman–Crippen MR) is 99.3 cm³/mol. The van der Waals surface area contributed by atoms with Crippen molar-refractivity contribution in [2.45, 2.75) is 18.4 Å². The van der Waals surface area contributed by atoms with Gasteiger partial charge in [-0.2, -0.15) is 0 Å². The van der Waals surface area contributed by atoms with Gasteiger partial charge in [-0.05, 0) is 41.7 Å². The van der Waals surface area contributed by atoms with E-state index in [0.29, 0.717) is 26.0 Å². The highest BCUT2D eigenvalue weighted by atomic mass is 35.5. The van der Waals surface area contributed by atoms with Crippen molar-refractivity contribution in [2.24, 2.45) is 5.92 Å². The standard InChI is InChI=1S/C18H13Cl4N/c19-9-7-13-10-3-1-4-11(10)17(23-18(13)15(21)8-9)12-5-2-6-14(20)16(12)22/h1-3,5-8,10-11,17,23H,4H2. The van der Waals surface area contributed by atoms with Crippen molar-refractivity contribution >= 4 is 52.1 Å². The van der Waals surface area contributed by atoms with Crippen LogP contribution in [0.3, 0.4) is 0 Å². The van der Waals surface area contributed by atoms with E-state index in [4.69, 9.17) is 46.4 Å². The maximum absolute atomic E-state index is 6.46. The van der Waals surface area contributed by atoms with Gasteiger partial charge in [0, 0.05) is 10.9 Å². The van der Waals surface area contributed by atoms with Crippen molar-refractivity contribution in [3.63, 3.8) is 0 Å². The molecule has 3 atom stereocenters. The number of hydrogen-bond acceptors (Lipinski definition) is 1. The van der Waals surface area contributed by atoms with Crippen LogP contribution in [-0.4, -0.2) is 0 Å². The molecule has 3 unspecified atom stereocenters. The lowest BCUT2D eigenvalue weighted by molar-refractivity contribution is 0.426. The Kier molecular flexibility index (Phi) is 4.01. The van der Waals surface area contributed by atoms with E-state index in [1.165, 1.54) is 0 Å². The third-order valence-electron chi connectivity index (χ3n) is 4.70. The molecule has 0 saturated heterocycles. The molecule has 0 fully saturated rings. The Bertz CT molecular complexity index is 815. The van der Waals surface area contributed by atoms with Gasteiger partial charge in [0.1, 0.15) is 0 Å². The molecule has 2 aromatic carbocycles. The molecule has 0 saturated carbocycles. The van der Waals surface area contributed by atoms with E-state index in [1.807, 2.05) is 18.2 Å². The molecule has 0 aromatic heterocycles. The number of fused-ring (bicyclic) bond motifs is 3. The minimum atomic E-state index is 0.0624. The van der Waals surface area contributed by atoms with Crippen molar-refractivity contribution in [3.8, 4) is 0 Å². The summed E-state index contributed by atoms with van der Waals surface area (Å²) in [5.41, 5.74) is 3.09. The molecule has 2 aromatic rings. The molecule has 0 bridgehead atoms. The first-order valence-electron chi connectivity index (χ1n) is 7.42. The van der Waals surface area contributed by atoms with E-state index in [2.05, 4.69) is 17.5 Å². The maximum atomic E-state index is 6.46. The van der Waals surface area contributed by atoms with Crippen LogP contribution in [0.15, 0.2) is 42.5 Å². The minimum absolute atomic E-state index is 0.0624. The first-order chi connectivity index (χ1) is 11.1. The van der Waals surface area contributed by atoms with Gasteiger partial charge in [-0.1, -0.05) is 70.7 Å². The molecule has 2 aliphatic rings. The lowest BCUT2D eigenvalue weighted by atomic mass is 9.77. The van der Waals surface area contributed by atoms with Crippen LogP contribution in [0.2, 0.25) is 20.1 Å². The summed E-state index contributed by atoms with van der Waals surface area (Å²) >= 11 is 25.3. The van der Waals surface area contributed by atoms with Crippen molar-refractivity contribution < 1.29 is 0 Å². The van der Waals surface area contributed by atoms with Gasteiger partial charge in [0.25, 0.3) is 0 Å². The van der Waals surface area contributed by atoms with Crippen LogP contribution in [0, 0.1) is 5.92 Å². The summed E-state index contributed by atoms with van der Waals surface area (Å²) in [6.45, 7) is 0. The van der Waals surface area contributed by atoms with E-state index < -0.39 is 0 Å². The smallest absolute Gasteiger partial charge is 0.0655 e. The average Bonchev–Trinajstić information content (AvgIpc) is 3.00. The molecular weight excluding hydrogens is 372 g/mol. The summed E-state index contributed by atoms with van der Waals surface area (Å²) in [5, 5.41) is 6.04. The zero-order valence-corrected chi connectivity index (χ0v) is 15.0. The summed E-state index contributed by atoms with van der Waals surface area (Å²) in [4.78, 5) is 0. The van der Waals surface area contributed by atoms with Crippen LogP contribution in [0.5, 0.6) is 0 Å². The van der Waals surface area contributed by atoms with Gasteiger partial charge in [0.15, 0.2) is 0 Å². The summed E-state index contributed by atoms with van der Waals surface area (Å²) in [5.74, 6) is 0.649. The second-order valence-electron chi connectivity index (χ2n) is 5.97. The number of rotatable bonds is 1. The Morgan fingerprint density at radius 2 is 1.78 bits per heavy atom. The fourth-order valence-corrected chi connectivity index (χ4v) is 4.68. The predicted octanol–water partition coefficient (Wildman–Crippen LogP) is 7.13. The Morgan fingerprint density at radius 1 is 0.957 bits per heavy atom. The lowest BCUT2D eigenvalue weighted by Gasteiger charge is -2.38. The number of allylic oxidation sites excluding steroid dienone is 2. The zero-order chi connectivity index (χ0) is 16.1. The molecule has 5 heteroatoms. The van der Waals surface area contributed by atoms with Crippen LogP contribution in [0.25, 0.3) is 0 Å². The van der Waals surface area contributed by atoms with Crippen molar-refractivity contribution in [1.82, 2.24) is 0 Å². The van der Waals surface area contributed by atoms with Crippen LogP contribution in [0.1, 0.15) is 29.5 Å². The first kappa shape index (κ1) is 15.7. The number of hydrogen-bond donors (Lipinski definition) is 1. The number of nitrogens with one attached hydrogen (secondary N) is 1. The van der Waals surface area contributed by atoms with E-state index in [-0.39, 0.29) is 12.0 Å². The number of anilines is 1. The monoisotopic (exact) mass is 383 g/mol. The van der Waals surface area contributed by atoms with E-state index in [0.717, 1.165) is 23.2 Å². The van der Waals surface area contributed by atoms with Crippen LogP contribution >= 0.6 is 46.4 Å². The SMILES string of the molecule is Clc1cc(Cl)c2c(c1)C1C=CCC1C(c1cccc(Cl)c1Cl)N2. The van der Waals surface area contributed by atoms with Crippen molar-refractivity contribution in [1.29, 1.82) is 0 Å². The summed E-state index contributed by atoms with van der Waals surface area (Å²) < 4.78 is 0. The Morgan fingerprint density at radius 3 is 2.61 bits per heavy atom. The molecule has 118 valence electrons. The fraction of sp³-hybridized carbons (Fsp3) is 0.222. The highest BCUT2D eigenvalue weighted by Crippen LogP contribution is 2.53. The molecule has 1 heterocycles. The Balaban J connectivity index is 1.86. The van der Waals surface area contributed by atoms with Crippen LogP contribution in [0.4, 0.5) is 5.69 Å². The molecule has 4 rings (SSSR count). The second kappa shape index (κ2) is 5.89. The maximum Gasteiger partial charge on any atom is 0.0655 e. The topological polar surface area (TPSA) is 12.0 Å². The second-order valence-corrected chi connectivity index (χ2v) is 7.60. The van der Waals surface area contributed by atoms with Gasteiger partial charge in [0.05, 0.1) is 26.8 Å². The van der Waals surface area contributed by atoms with Crippen molar-refractivity contribution in [2.75, 3.05) is 5.32 Å². The Labute approximate surface area is 155 Å². The minimum Gasteiger partial charge on any atom is -0.376 e. The fourth-order valence-electron chi connectivity index (χ4n) is 3.69. The molecule has 1 aliphatic heterocycles. The van der Waals surface area contributed by atoms with Crippen molar-refractivity contribution in [3.05, 3.63) is 73.7 Å². The molecular formula is C18H13Cl4N. The quantitative estimate of drug-likeness (QED) is 0.515. The average molecular weight is 385 g/mol. The lowest BCUT2D eigenvalue weighted by Crippen LogP contribution is -2.29. The van der Waals surface area contributed by atoms with E-state index in [1.54, 1.807) is 12.1 Å². The highest BCUT2D eigenvalue weighted by molar-refractivity contribution is 6.42. The molecule has 1 aliphatic carbocycles. The summed E-state index contributed by atoms with van der Waals surface area (Å²) in [7, 11) is 0. The first-order valence-corrected chi connectivity index (χ1v) is 8.93. The number of benzene rings is 2. The number of halogens is 4. The Hall–Kier alpha value is -0.860. The van der Waals surface area contributed by atoms with Crippen LogP contribution in [-0.2, 0) is 0 Å². The van der Waals surface area contributed by atoms with Crippen LogP contribution < -0.4 is 5.32 Å². The molecule has 0 spiro atoms. The summed E-state index contributed by atoms with van der Waals surface area (Å²) in [6.07, 6.45) is 5.43. The summed E-state index contributed by atoms with van der Waals surface area (Å²) in [6, 6.07) is 9.59. The molecule has 23 heavy (non-hydrogen) atoms. The molecule has 0 radical (unpaired) electrons. The van der Waals surface area contributed by atoms with Gasteiger partial charge in [-0.15, -0.1) is 0 Å². The van der Waals surface area contributed by atoms with E-state index >= 15 is 0 Å². The third kappa shape index (κ3) is 2.55. The van der Waals surface area contributed by atoms with Gasteiger partial charge in [0.2, 0.25) is 0 Å². The molecule has 1 nitrogen and oxygen atoms in total. The van der Waals surface area contributed by atoms with Gasteiger partial charge in [-0.3, -0.25) is 0 Å². The van der Waals surface area contributed by atoms with Gasteiger partial charge >= 0.3 is 0 Å². The van der Waals surface area contributed by atoms with Gasteiger partial charge < -0.3 is 5.32 Å². The normalized spacial score (nSPS) is 25.0. The highest BCUT2D eigenvalue weighted by Gasteiger charge is 2.39. The largest absolute Gasteiger partial charge is 0.376 e. The zero-order valence-electron chi connectivity index (χ0n) is 12.0. The third-order valence-corrected chi connectivity index (χ3v) is 6.05. The van der Waals surface area contributed by atoms with E-state index in [9.17, 15) is 0 Å². The van der Waals surface area contributed by atoms with Gasteiger partial charge in [-0.25, -0.2) is 0 Å². The molecule has 0 amide bonds.